The summed E-state index contributed by atoms with van der Waals surface area (Å²) in [5.74, 6) is 0.634. The van der Waals surface area contributed by atoms with E-state index in [9.17, 15) is 4.39 Å². The second kappa shape index (κ2) is 6.20. The Morgan fingerprint density at radius 1 is 1.38 bits per heavy atom. The number of hydrogen-bond donors (Lipinski definition) is 0. The zero-order valence-electron chi connectivity index (χ0n) is 12.4. The molecule has 0 aromatic carbocycles. The van der Waals surface area contributed by atoms with E-state index in [4.69, 9.17) is 23.8 Å². The zero-order chi connectivity index (χ0) is 15.7. The van der Waals surface area contributed by atoms with Gasteiger partial charge in [0.25, 0.3) is 0 Å². The second-order valence-electron chi connectivity index (χ2n) is 4.96. The molecule has 21 heavy (non-hydrogen) atoms. The third-order valence-electron chi connectivity index (χ3n) is 3.32. The van der Waals surface area contributed by atoms with Crippen LogP contribution in [-0.2, 0) is 6.42 Å². The zero-order valence-corrected chi connectivity index (χ0v) is 14.0. The van der Waals surface area contributed by atoms with Crippen LogP contribution < -0.4 is 0 Å². The summed E-state index contributed by atoms with van der Waals surface area (Å²) in [6.07, 6.45) is -0.463. The molecule has 0 saturated carbocycles. The number of alkyl halides is 1. The third kappa shape index (κ3) is 3.14. The van der Waals surface area contributed by atoms with Gasteiger partial charge >= 0.3 is 0 Å². The van der Waals surface area contributed by atoms with Crippen molar-refractivity contribution >= 4 is 23.8 Å². The van der Waals surface area contributed by atoms with Crippen molar-refractivity contribution in [3.63, 3.8) is 0 Å². The van der Waals surface area contributed by atoms with Gasteiger partial charge in [-0.2, -0.15) is 5.10 Å². The molecule has 2 aromatic rings. The standard InChI is InChI=1S/C15H17ClFN3S/c1-5-13-11(9(3)17)7-14(21)20(19-13)15-8(2)6-12(16)10(4)18-15/h6-7,9H,5H2,1-4H3. The molecule has 2 aromatic heterocycles. The van der Waals surface area contributed by atoms with Crippen LogP contribution in [0.15, 0.2) is 12.1 Å². The van der Waals surface area contributed by atoms with E-state index in [0.717, 1.165) is 5.56 Å². The van der Waals surface area contributed by atoms with Gasteiger partial charge in [0.15, 0.2) is 5.82 Å². The smallest absolute Gasteiger partial charge is 0.158 e. The van der Waals surface area contributed by atoms with Crippen molar-refractivity contribution in [1.29, 1.82) is 0 Å². The van der Waals surface area contributed by atoms with Crippen molar-refractivity contribution in [1.82, 2.24) is 14.8 Å². The third-order valence-corrected chi connectivity index (χ3v) is 3.99. The summed E-state index contributed by atoms with van der Waals surface area (Å²) < 4.78 is 15.7. The monoisotopic (exact) mass is 325 g/mol. The summed E-state index contributed by atoms with van der Waals surface area (Å²) in [7, 11) is 0. The molecule has 0 radical (unpaired) electrons. The molecule has 0 aliphatic carbocycles. The van der Waals surface area contributed by atoms with E-state index in [1.807, 2.05) is 26.8 Å². The lowest BCUT2D eigenvalue weighted by Crippen LogP contribution is -2.12. The minimum Gasteiger partial charge on any atom is -0.243 e. The number of rotatable bonds is 3. The Labute approximate surface area is 133 Å². The Bertz CT molecular complexity index is 740. The molecule has 0 amide bonds. The Morgan fingerprint density at radius 2 is 2.05 bits per heavy atom. The highest BCUT2D eigenvalue weighted by Gasteiger charge is 2.14. The van der Waals surface area contributed by atoms with Gasteiger partial charge in [0.2, 0.25) is 0 Å². The van der Waals surface area contributed by atoms with Crippen LogP contribution in [0, 0.1) is 18.5 Å². The summed E-state index contributed by atoms with van der Waals surface area (Å²) in [5.41, 5.74) is 2.81. The molecule has 0 spiro atoms. The van der Waals surface area contributed by atoms with E-state index < -0.39 is 6.17 Å². The molecule has 0 aliphatic rings. The van der Waals surface area contributed by atoms with Crippen LogP contribution in [0.3, 0.4) is 0 Å². The lowest BCUT2D eigenvalue weighted by atomic mass is 10.1. The van der Waals surface area contributed by atoms with Crippen LogP contribution in [-0.4, -0.2) is 14.8 Å². The van der Waals surface area contributed by atoms with Crippen molar-refractivity contribution < 1.29 is 4.39 Å². The summed E-state index contributed by atoms with van der Waals surface area (Å²) in [5, 5.41) is 5.08. The molecule has 3 nitrogen and oxygen atoms in total. The van der Waals surface area contributed by atoms with Gasteiger partial charge in [-0.05, 0) is 44.9 Å². The van der Waals surface area contributed by atoms with Gasteiger partial charge in [0.1, 0.15) is 10.8 Å². The van der Waals surface area contributed by atoms with Crippen molar-refractivity contribution in [2.45, 2.75) is 40.3 Å². The van der Waals surface area contributed by atoms with Gasteiger partial charge in [-0.25, -0.2) is 14.1 Å². The van der Waals surface area contributed by atoms with Gasteiger partial charge in [0.05, 0.1) is 16.4 Å². The molecule has 0 saturated heterocycles. The molecule has 0 bridgehead atoms. The van der Waals surface area contributed by atoms with Crippen LogP contribution in [0.25, 0.3) is 5.82 Å². The first-order valence-electron chi connectivity index (χ1n) is 6.76. The summed E-state index contributed by atoms with van der Waals surface area (Å²) in [4.78, 5) is 4.46. The van der Waals surface area contributed by atoms with E-state index >= 15 is 0 Å². The Hall–Kier alpha value is -1.33. The number of nitrogens with zero attached hydrogens (tertiary/aromatic N) is 3. The van der Waals surface area contributed by atoms with Crippen molar-refractivity contribution in [3.05, 3.63) is 44.3 Å². The van der Waals surface area contributed by atoms with Crippen molar-refractivity contribution in [2.24, 2.45) is 0 Å². The van der Waals surface area contributed by atoms with Gasteiger partial charge in [-0.15, -0.1) is 0 Å². The average molecular weight is 326 g/mol. The highest BCUT2D eigenvalue weighted by atomic mass is 35.5. The SMILES string of the molecule is CCc1nn(-c2nc(C)c(Cl)cc2C)c(=S)cc1C(C)F. The van der Waals surface area contributed by atoms with E-state index in [2.05, 4.69) is 10.1 Å². The minimum absolute atomic E-state index is 0.434. The maximum absolute atomic E-state index is 13.7. The van der Waals surface area contributed by atoms with Crippen LogP contribution in [0.1, 0.15) is 42.5 Å². The maximum Gasteiger partial charge on any atom is 0.158 e. The fraction of sp³-hybridized carbons (Fsp3) is 0.400. The molecule has 2 rings (SSSR count). The van der Waals surface area contributed by atoms with Crippen LogP contribution in [0.5, 0.6) is 0 Å². The number of hydrogen-bond acceptors (Lipinski definition) is 3. The summed E-state index contributed by atoms with van der Waals surface area (Å²) in [6.45, 7) is 7.16. The van der Waals surface area contributed by atoms with Crippen LogP contribution in [0.4, 0.5) is 4.39 Å². The van der Waals surface area contributed by atoms with Crippen molar-refractivity contribution in [3.8, 4) is 5.82 Å². The van der Waals surface area contributed by atoms with E-state index in [-0.39, 0.29) is 0 Å². The molecule has 0 aliphatic heterocycles. The van der Waals surface area contributed by atoms with Crippen molar-refractivity contribution in [2.75, 3.05) is 0 Å². The Balaban J connectivity index is 2.71. The van der Waals surface area contributed by atoms with Gasteiger partial charge in [0, 0.05) is 5.56 Å². The van der Waals surface area contributed by atoms with E-state index in [1.165, 1.54) is 6.92 Å². The average Bonchev–Trinajstić information content (AvgIpc) is 2.42. The molecular weight excluding hydrogens is 309 g/mol. The minimum atomic E-state index is -1.09. The highest BCUT2D eigenvalue weighted by molar-refractivity contribution is 7.71. The molecule has 1 unspecified atom stereocenters. The molecule has 6 heteroatoms. The molecule has 2 heterocycles. The Kier molecular flexibility index (Phi) is 4.74. The fourth-order valence-corrected chi connectivity index (χ4v) is 2.61. The first kappa shape index (κ1) is 16.0. The largest absolute Gasteiger partial charge is 0.243 e. The van der Waals surface area contributed by atoms with Crippen LogP contribution in [0.2, 0.25) is 5.02 Å². The molecule has 0 fully saturated rings. The molecular formula is C15H17ClFN3S. The molecule has 0 N–H and O–H groups in total. The lowest BCUT2D eigenvalue weighted by Gasteiger charge is -2.14. The van der Waals surface area contributed by atoms with E-state index in [0.29, 0.717) is 38.9 Å². The van der Waals surface area contributed by atoms with Gasteiger partial charge < -0.3 is 0 Å². The predicted molar refractivity (Wildman–Crippen MR) is 85.6 cm³/mol. The Morgan fingerprint density at radius 3 is 2.62 bits per heavy atom. The fourth-order valence-electron chi connectivity index (χ4n) is 2.15. The van der Waals surface area contributed by atoms with E-state index in [1.54, 1.807) is 10.7 Å². The summed E-state index contributed by atoms with van der Waals surface area (Å²) >= 11 is 11.4. The van der Waals surface area contributed by atoms with Gasteiger partial charge in [-0.1, -0.05) is 30.7 Å². The maximum atomic E-state index is 13.7. The molecule has 1 atom stereocenters. The number of halogens is 2. The lowest BCUT2D eigenvalue weighted by molar-refractivity contribution is 0.369. The first-order valence-corrected chi connectivity index (χ1v) is 7.55. The predicted octanol–water partition coefficient (Wildman–Crippen LogP) is 4.86. The molecule has 112 valence electrons. The normalized spacial score (nSPS) is 12.5. The number of aryl methyl sites for hydroxylation is 3. The number of aromatic nitrogens is 3. The summed E-state index contributed by atoms with van der Waals surface area (Å²) in [6, 6.07) is 3.50. The number of pyridine rings is 1. The topological polar surface area (TPSA) is 30.7 Å². The highest BCUT2D eigenvalue weighted by Crippen LogP contribution is 2.23. The van der Waals surface area contributed by atoms with Gasteiger partial charge in [-0.3, -0.25) is 0 Å². The quantitative estimate of drug-likeness (QED) is 0.755. The first-order chi connectivity index (χ1) is 9.85. The van der Waals surface area contributed by atoms with Crippen LogP contribution >= 0.6 is 23.8 Å². The second-order valence-corrected chi connectivity index (χ2v) is 5.79.